The first-order valence-electron chi connectivity index (χ1n) is 12.1. The first-order valence-corrected chi connectivity index (χ1v) is 12.1. The molecule has 0 aromatic rings. The Hall–Kier alpha value is -1.25. The molecule has 1 amide bonds. The molecule has 3 atom stereocenters. The molecule has 180 valence electrons. The molecule has 0 radical (unpaired) electrons. The van der Waals surface area contributed by atoms with E-state index >= 15 is 0 Å². The first-order chi connectivity index (χ1) is 15.1. The van der Waals surface area contributed by atoms with Gasteiger partial charge in [-0.05, 0) is 59.3 Å². The van der Waals surface area contributed by atoms with Crippen LogP contribution < -0.4 is 0 Å². The van der Waals surface area contributed by atoms with Crippen LogP contribution in [-0.4, -0.2) is 84.6 Å². The number of carbonyl (C=O) groups excluding carboxylic acids is 1. The molecule has 5 rings (SSSR count). The van der Waals surface area contributed by atoms with Crippen molar-refractivity contribution in [2.75, 3.05) is 32.7 Å². The fourth-order valence-corrected chi connectivity index (χ4v) is 6.34. The van der Waals surface area contributed by atoms with Crippen molar-refractivity contribution < 1.29 is 27.8 Å². The Labute approximate surface area is 189 Å². The van der Waals surface area contributed by atoms with Crippen LogP contribution in [0.2, 0.25) is 0 Å². The summed E-state index contributed by atoms with van der Waals surface area (Å²) in [4.78, 5) is 16.2. The number of hydrogen-bond acceptors (Lipinski definition) is 5. The molecule has 32 heavy (non-hydrogen) atoms. The van der Waals surface area contributed by atoms with Crippen molar-refractivity contribution in [1.29, 1.82) is 0 Å². The summed E-state index contributed by atoms with van der Waals surface area (Å²) in [5.74, 6) is 0. The van der Waals surface area contributed by atoms with Crippen LogP contribution in [0.5, 0.6) is 0 Å². The third-order valence-corrected chi connectivity index (χ3v) is 8.27. The Morgan fingerprint density at radius 2 is 1.88 bits per heavy atom. The van der Waals surface area contributed by atoms with E-state index in [0.717, 1.165) is 38.5 Å². The second-order valence-corrected chi connectivity index (χ2v) is 11.2. The summed E-state index contributed by atoms with van der Waals surface area (Å²) in [6.45, 7) is 8.79. The average Bonchev–Trinajstić information content (AvgIpc) is 3.52. The topological polar surface area (TPSA) is 57.8 Å². The SMILES string of the molecule is CC(C)=CC[C@H]1O[C@@]1(C)C1OC12CCC(OC(=O)N1CCC3(CN(CC(F)F)C3)C1)CC2. The molecule has 4 saturated heterocycles. The van der Waals surface area contributed by atoms with E-state index in [1.54, 1.807) is 9.80 Å². The molecule has 0 aromatic carbocycles. The summed E-state index contributed by atoms with van der Waals surface area (Å²) in [7, 11) is 0. The zero-order valence-electron chi connectivity index (χ0n) is 19.4. The number of rotatable bonds is 6. The van der Waals surface area contributed by atoms with Gasteiger partial charge in [0.1, 0.15) is 17.8 Å². The number of alkyl halides is 2. The van der Waals surface area contributed by atoms with Gasteiger partial charge in [-0.15, -0.1) is 0 Å². The predicted octanol–water partition coefficient (Wildman–Crippen LogP) is 3.99. The van der Waals surface area contributed by atoms with E-state index in [4.69, 9.17) is 14.2 Å². The molecule has 1 unspecified atom stereocenters. The molecule has 6 nitrogen and oxygen atoms in total. The third kappa shape index (κ3) is 4.18. The number of hydrogen-bond donors (Lipinski definition) is 0. The van der Waals surface area contributed by atoms with E-state index in [2.05, 4.69) is 26.8 Å². The van der Waals surface area contributed by atoms with Crippen LogP contribution in [0.4, 0.5) is 13.6 Å². The number of carbonyl (C=O) groups is 1. The number of nitrogens with zero attached hydrogens (tertiary/aromatic N) is 2. The normalized spacial score (nSPS) is 39.9. The van der Waals surface area contributed by atoms with Gasteiger partial charge in [-0.3, -0.25) is 4.90 Å². The summed E-state index contributed by atoms with van der Waals surface area (Å²) in [5, 5.41) is 0. The Morgan fingerprint density at radius 3 is 2.53 bits per heavy atom. The second kappa shape index (κ2) is 7.91. The quantitative estimate of drug-likeness (QED) is 0.449. The standard InChI is InChI=1S/C24H36F2N2O4/c1-16(2)4-5-18-22(3,31-18)20-24(32-20)8-6-17(7-9-24)30-21(29)28-11-10-23(15-28)13-27(14-23)12-19(25)26/h4,17-20H,5-15H2,1-3H3/t17?,18-,20?,22-,24?/m1/s1. The second-order valence-electron chi connectivity index (χ2n) is 11.2. The zero-order valence-corrected chi connectivity index (χ0v) is 19.4. The molecule has 1 saturated carbocycles. The van der Waals surface area contributed by atoms with Gasteiger partial charge < -0.3 is 19.1 Å². The van der Waals surface area contributed by atoms with Crippen molar-refractivity contribution in [3.63, 3.8) is 0 Å². The molecule has 5 fully saturated rings. The molecule has 0 aromatic heterocycles. The van der Waals surface area contributed by atoms with E-state index in [1.807, 2.05) is 0 Å². The molecule has 0 bridgehead atoms. The molecular formula is C24H36F2N2O4. The minimum atomic E-state index is -2.29. The molecule has 4 heterocycles. The lowest BCUT2D eigenvalue weighted by molar-refractivity contribution is -0.0312. The molecule has 4 aliphatic heterocycles. The Bertz CT molecular complexity index is 772. The number of ether oxygens (including phenoxy) is 3. The highest BCUT2D eigenvalue weighted by Crippen LogP contribution is 2.60. The number of epoxide rings is 2. The summed E-state index contributed by atoms with van der Waals surface area (Å²) >= 11 is 0. The highest BCUT2D eigenvalue weighted by molar-refractivity contribution is 5.68. The van der Waals surface area contributed by atoms with Gasteiger partial charge in [0, 0.05) is 31.6 Å². The minimum Gasteiger partial charge on any atom is -0.446 e. The van der Waals surface area contributed by atoms with Crippen molar-refractivity contribution in [3.8, 4) is 0 Å². The highest BCUT2D eigenvalue weighted by atomic mass is 19.3. The van der Waals surface area contributed by atoms with Crippen LogP contribution in [0.1, 0.15) is 59.3 Å². The Kier molecular flexibility index (Phi) is 5.57. The van der Waals surface area contributed by atoms with Crippen molar-refractivity contribution in [1.82, 2.24) is 9.80 Å². The molecule has 8 heteroatoms. The number of halogens is 2. The van der Waals surface area contributed by atoms with Crippen molar-refractivity contribution in [2.45, 2.75) is 95.2 Å². The molecule has 5 aliphatic rings. The van der Waals surface area contributed by atoms with Gasteiger partial charge in [0.15, 0.2) is 0 Å². The van der Waals surface area contributed by atoms with Crippen LogP contribution in [0.15, 0.2) is 11.6 Å². The van der Waals surface area contributed by atoms with Gasteiger partial charge in [-0.1, -0.05) is 11.6 Å². The van der Waals surface area contributed by atoms with E-state index in [1.165, 1.54) is 5.57 Å². The molecular weight excluding hydrogens is 418 g/mol. The largest absolute Gasteiger partial charge is 0.446 e. The molecule has 2 spiro atoms. The first kappa shape index (κ1) is 22.5. The highest BCUT2D eigenvalue weighted by Gasteiger charge is 2.73. The summed E-state index contributed by atoms with van der Waals surface area (Å²) < 4.78 is 43.1. The molecule has 0 N–H and O–H groups in total. The lowest BCUT2D eigenvalue weighted by atomic mass is 9.79. The van der Waals surface area contributed by atoms with Crippen LogP contribution in [-0.2, 0) is 14.2 Å². The van der Waals surface area contributed by atoms with Crippen LogP contribution in [0, 0.1) is 5.41 Å². The minimum absolute atomic E-state index is 0.0125. The van der Waals surface area contributed by atoms with Crippen molar-refractivity contribution in [3.05, 3.63) is 11.6 Å². The van der Waals surface area contributed by atoms with Gasteiger partial charge in [0.25, 0.3) is 6.43 Å². The fraction of sp³-hybridized carbons (Fsp3) is 0.875. The maximum atomic E-state index is 12.7. The average molecular weight is 455 g/mol. The maximum absolute atomic E-state index is 12.7. The number of allylic oxidation sites excluding steroid dienone is 1. The van der Waals surface area contributed by atoms with Gasteiger partial charge >= 0.3 is 6.09 Å². The Morgan fingerprint density at radius 1 is 1.16 bits per heavy atom. The monoisotopic (exact) mass is 454 g/mol. The summed E-state index contributed by atoms with van der Waals surface area (Å²) in [6.07, 6.45) is 5.25. The number of likely N-dealkylation sites (tertiary alicyclic amines) is 2. The maximum Gasteiger partial charge on any atom is 0.410 e. The van der Waals surface area contributed by atoms with Crippen molar-refractivity contribution >= 4 is 6.09 Å². The summed E-state index contributed by atoms with van der Waals surface area (Å²) in [5.41, 5.74) is 1.01. The summed E-state index contributed by atoms with van der Waals surface area (Å²) in [6, 6.07) is 0. The van der Waals surface area contributed by atoms with Crippen LogP contribution in [0.25, 0.3) is 0 Å². The van der Waals surface area contributed by atoms with Gasteiger partial charge in [0.2, 0.25) is 0 Å². The van der Waals surface area contributed by atoms with E-state index in [9.17, 15) is 13.6 Å². The lowest BCUT2D eigenvalue weighted by Gasteiger charge is -2.47. The fourth-order valence-electron chi connectivity index (χ4n) is 6.34. The van der Waals surface area contributed by atoms with E-state index in [0.29, 0.717) is 26.2 Å². The Balaban J connectivity index is 1.04. The van der Waals surface area contributed by atoms with Crippen LogP contribution in [0.3, 0.4) is 0 Å². The van der Waals surface area contributed by atoms with Gasteiger partial charge in [-0.25, -0.2) is 13.6 Å². The predicted molar refractivity (Wildman–Crippen MR) is 115 cm³/mol. The van der Waals surface area contributed by atoms with E-state index in [-0.39, 0.29) is 47.6 Å². The van der Waals surface area contributed by atoms with Crippen molar-refractivity contribution in [2.24, 2.45) is 5.41 Å². The zero-order chi connectivity index (χ0) is 22.7. The smallest absolute Gasteiger partial charge is 0.410 e. The van der Waals surface area contributed by atoms with Crippen LogP contribution >= 0.6 is 0 Å². The van der Waals surface area contributed by atoms with Gasteiger partial charge in [-0.2, -0.15) is 0 Å². The molecule has 1 aliphatic carbocycles. The van der Waals surface area contributed by atoms with E-state index < -0.39 is 6.43 Å². The van der Waals surface area contributed by atoms with Gasteiger partial charge in [0.05, 0.1) is 18.2 Å². The lowest BCUT2D eigenvalue weighted by Crippen LogP contribution is -2.58. The third-order valence-electron chi connectivity index (χ3n) is 8.27. The number of amides is 1.